The van der Waals surface area contributed by atoms with Crippen molar-refractivity contribution in [2.24, 2.45) is 0 Å². The Morgan fingerprint density at radius 1 is 1.16 bits per heavy atom. The molecular weight excluding hydrogens is 447 g/mol. The maximum atomic E-state index is 13.6. The lowest BCUT2D eigenvalue weighted by molar-refractivity contribution is -0.116. The highest BCUT2D eigenvalue weighted by Crippen LogP contribution is 2.28. The summed E-state index contributed by atoms with van der Waals surface area (Å²) >= 11 is 5.89. The molecule has 0 fully saturated rings. The summed E-state index contributed by atoms with van der Waals surface area (Å²) in [7, 11) is 0. The fraction of sp³-hybridized carbons (Fsp3) is 0.136. The Kier molecular flexibility index (Phi) is 7.32. The van der Waals surface area contributed by atoms with Crippen molar-refractivity contribution in [3.05, 3.63) is 77.2 Å². The number of nitrogens with zero attached hydrogens (tertiary/aromatic N) is 2. The van der Waals surface area contributed by atoms with E-state index in [1.807, 2.05) is 0 Å². The highest BCUT2D eigenvalue weighted by atomic mass is 35.5. The third-order valence-electron chi connectivity index (χ3n) is 4.28. The van der Waals surface area contributed by atoms with Gasteiger partial charge in [-0.25, -0.2) is 9.37 Å². The molecule has 0 bridgehead atoms. The summed E-state index contributed by atoms with van der Waals surface area (Å²) < 4.78 is 42.6. The van der Waals surface area contributed by atoms with Gasteiger partial charge in [-0.2, -0.15) is 8.78 Å². The van der Waals surface area contributed by atoms with Crippen molar-refractivity contribution in [2.75, 3.05) is 10.2 Å². The van der Waals surface area contributed by atoms with Crippen molar-refractivity contribution in [1.29, 1.82) is 0 Å². The van der Waals surface area contributed by atoms with Gasteiger partial charge in [0.1, 0.15) is 17.4 Å². The number of alkyl halides is 2. The van der Waals surface area contributed by atoms with Gasteiger partial charge < -0.3 is 10.1 Å². The number of benzene rings is 2. The van der Waals surface area contributed by atoms with Gasteiger partial charge in [-0.15, -0.1) is 0 Å². The first-order valence-corrected chi connectivity index (χ1v) is 9.66. The number of pyridine rings is 1. The molecule has 32 heavy (non-hydrogen) atoms. The number of ether oxygens (including phenoxy) is 1. The second-order valence-corrected chi connectivity index (χ2v) is 6.95. The quantitative estimate of drug-likeness (QED) is 0.513. The Morgan fingerprint density at radius 2 is 1.88 bits per heavy atom. The predicted molar refractivity (Wildman–Crippen MR) is 114 cm³/mol. The summed E-state index contributed by atoms with van der Waals surface area (Å²) in [6.45, 7) is -1.66. The summed E-state index contributed by atoms with van der Waals surface area (Å²) in [4.78, 5) is 30.0. The molecular formula is C22H17ClF3N3O3. The number of hydrogen-bond donors (Lipinski definition) is 1. The van der Waals surface area contributed by atoms with Crippen LogP contribution in [-0.2, 0) is 16.0 Å². The summed E-state index contributed by atoms with van der Waals surface area (Å²) in [5.74, 6) is -1.32. The Bertz CT molecular complexity index is 1130. The van der Waals surface area contributed by atoms with E-state index in [0.29, 0.717) is 16.9 Å². The van der Waals surface area contributed by atoms with E-state index in [1.54, 1.807) is 6.07 Å². The van der Waals surface area contributed by atoms with Crippen molar-refractivity contribution >= 4 is 40.6 Å². The third kappa shape index (κ3) is 5.76. The monoisotopic (exact) mass is 463 g/mol. The molecule has 0 saturated carbocycles. The summed E-state index contributed by atoms with van der Waals surface area (Å²) in [5, 5.41) is 2.53. The van der Waals surface area contributed by atoms with Crippen molar-refractivity contribution < 1.29 is 27.5 Å². The molecule has 1 N–H and O–H groups in total. The molecule has 0 saturated heterocycles. The standard InChI is InChI=1S/C22H17ClF3N3O3/c1-13(30)29(16-5-7-17(8-6-16)32-22(25)26)19-12-15(9-10-27-19)28-20(31)11-14-3-2-4-18(24)21(14)23/h2-10,12,22H,11H2,1H3,(H,27,28,31). The largest absolute Gasteiger partial charge is 0.435 e. The molecule has 0 aliphatic rings. The molecule has 0 unspecified atom stereocenters. The zero-order chi connectivity index (χ0) is 23.3. The molecule has 166 valence electrons. The van der Waals surface area contributed by atoms with E-state index in [1.165, 1.54) is 66.6 Å². The molecule has 0 atom stereocenters. The molecule has 2 aromatic carbocycles. The van der Waals surface area contributed by atoms with Crippen molar-refractivity contribution in [2.45, 2.75) is 20.0 Å². The molecule has 0 spiro atoms. The highest BCUT2D eigenvalue weighted by Gasteiger charge is 2.17. The van der Waals surface area contributed by atoms with Crippen LogP contribution in [0.15, 0.2) is 60.8 Å². The fourth-order valence-electron chi connectivity index (χ4n) is 2.93. The van der Waals surface area contributed by atoms with Gasteiger partial charge in [0, 0.05) is 24.9 Å². The van der Waals surface area contributed by atoms with Gasteiger partial charge in [-0.3, -0.25) is 14.5 Å². The minimum absolute atomic E-state index is 0.0581. The van der Waals surface area contributed by atoms with Crippen LogP contribution in [0.25, 0.3) is 0 Å². The van der Waals surface area contributed by atoms with Gasteiger partial charge in [0.2, 0.25) is 11.8 Å². The minimum Gasteiger partial charge on any atom is -0.435 e. The fourth-order valence-corrected chi connectivity index (χ4v) is 3.13. The predicted octanol–water partition coefficient (Wildman–Crippen LogP) is 5.34. The minimum atomic E-state index is -2.96. The first-order valence-electron chi connectivity index (χ1n) is 9.29. The first kappa shape index (κ1) is 23.1. The molecule has 1 aromatic heterocycles. The van der Waals surface area contributed by atoms with Crippen LogP contribution in [0.5, 0.6) is 5.75 Å². The maximum Gasteiger partial charge on any atom is 0.387 e. The van der Waals surface area contributed by atoms with Crippen LogP contribution in [0.4, 0.5) is 30.4 Å². The Balaban J connectivity index is 1.78. The number of hydrogen-bond acceptors (Lipinski definition) is 4. The van der Waals surface area contributed by atoms with Crippen LogP contribution in [-0.4, -0.2) is 23.4 Å². The SMILES string of the molecule is CC(=O)N(c1ccc(OC(F)F)cc1)c1cc(NC(=O)Cc2cccc(F)c2Cl)ccn1. The molecule has 2 amide bonds. The molecule has 6 nitrogen and oxygen atoms in total. The first-order chi connectivity index (χ1) is 15.2. The van der Waals surface area contributed by atoms with Gasteiger partial charge in [0.25, 0.3) is 0 Å². The number of carbonyl (C=O) groups is 2. The Morgan fingerprint density at radius 3 is 2.53 bits per heavy atom. The molecule has 0 radical (unpaired) electrons. The van der Waals surface area contributed by atoms with Gasteiger partial charge in [-0.05, 0) is 42.0 Å². The number of nitrogens with one attached hydrogen (secondary N) is 1. The molecule has 0 aliphatic carbocycles. The number of amides is 2. The van der Waals surface area contributed by atoms with Gasteiger partial charge in [0.15, 0.2) is 0 Å². The van der Waals surface area contributed by atoms with E-state index >= 15 is 0 Å². The number of carbonyl (C=O) groups excluding carboxylic acids is 2. The lowest BCUT2D eigenvalue weighted by Gasteiger charge is -2.21. The van der Waals surface area contributed by atoms with E-state index in [2.05, 4.69) is 15.0 Å². The Labute approximate surface area is 186 Å². The van der Waals surface area contributed by atoms with Gasteiger partial charge in [-0.1, -0.05) is 23.7 Å². The second kappa shape index (κ2) is 10.1. The van der Waals surface area contributed by atoms with Crippen molar-refractivity contribution in [3.8, 4) is 5.75 Å². The molecule has 1 heterocycles. The molecule has 10 heteroatoms. The van der Waals surface area contributed by atoms with Crippen molar-refractivity contribution in [1.82, 2.24) is 4.98 Å². The average molecular weight is 464 g/mol. The topological polar surface area (TPSA) is 71.5 Å². The van der Waals surface area contributed by atoms with Gasteiger partial charge in [0.05, 0.1) is 17.1 Å². The lowest BCUT2D eigenvalue weighted by atomic mass is 10.1. The molecule has 0 aliphatic heterocycles. The van der Waals surface area contributed by atoms with Crippen LogP contribution >= 0.6 is 11.6 Å². The molecule has 3 aromatic rings. The van der Waals surface area contributed by atoms with E-state index < -0.39 is 24.2 Å². The van der Waals surface area contributed by atoms with Crippen LogP contribution in [0.2, 0.25) is 5.02 Å². The van der Waals surface area contributed by atoms with Crippen LogP contribution in [0.1, 0.15) is 12.5 Å². The highest BCUT2D eigenvalue weighted by molar-refractivity contribution is 6.31. The zero-order valence-electron chi connectivity index (χ0n) is 16.7. The van der Waals surface area contributed by atoms with Crippen LogP contribution in [0, 0.1) is 5.82 Å². The summed E-state index contributed by atoms with van der Waals surface area (Å²) in [5.41, 5.74) is 1.04. The average Bonchev–Trinajstić information content (AvgIpc) is 2.72. The number of rotatable bonds is 7. The summed E-state index contributed by atoms with van der Waals surface area (Å²) in [6, 6.07) is 12.6. The van der Waals surface area contributed by atoms with E-state index in [-0.39, 0.29) is 23.0 Å². The Hall–Kier alpha value is -3.59. The van der Waals surface area contributed by atoms with Crippen LogP contribution < -0.4 is 15.0 Å². The normalized spacial score (nSPS) is 10.7. The van der Waals surface area contributed by atoms with Gasteiger partial charge >= 0.3 is 6.61 Å². The number of halogens is 4. The van der Waals surface area contributed by atoms with Crippen molar-refractivity contribution in [3.63, 3.8) is 0 Å². The van der Waals surface area contributed by atoms with E-state index in [0.717, 1.165) is 0 Å². The zero-order valence-corrected chi connectivity index (χ0v) is 17.4. The van der Waals surface area contributed by atoms with Crippen LogP contribution in [0.3, 0.4) is 0 Å². The third-order valence-corrected chi connectivity index (χ3v) is 4.70. The molecule has 3 rings (SSSR count). The summed E-state index contributed by atoms with van der Waals surface area (Å²) in [6.07, 6.45) is 1.24. The van der Waals surface area contributed by atoms with E-state index in [9.17, 15) is 22.8 Å². The smallest absolute Gasteiger partial charge is 0.387 e. The second-order valence-electron chi connectivity index (χ2n) is 6.57. The lowest BCUT2D eigenvalue weighted by Crippen LogP contribution is -2.24. The number of aromatic nitrogens is 1. The number of anilines is 3. The van der Waals surface area contributed by atoms with E-state index in [4.69, 9.17) is 11.6 Å². The maximum absolute atomic E-state index is 13.6.